The summed E-state index contributed by atoms with van der Waals surface area (Å²) in [5.41, 5.74) is 1.96. The number of nitrogens with zero attached hydrogens (tertiary/aromatic N) is 3. The number of methoxy groups -OCH3 is 3. The highest BCUT2D eigenvalue weighted by atomic mass is 32.1. The molecule has 0 amide bonds. The van der Waals surface area contributed by atoms with Crippen LogP contribution >= 0.6 is 11.3 Å². The highest BCUT2D eigenvalue weighted by Gasteiger charge is 2.34. The zero-order valence-electron chi connectivity index (χ0n) is 19.7. The zero-order chi connectivity index (χ0) is 22.8. The minimum Gasteiger partial charge on any atom is -0.493 e. The molecule has 2 fully saturated rings. The summed E-state index contributed by atoms with van der Waals surface area (Å²) in [6.07, 6.45) is 15.5. The Kier molecular flexibility index (Phi) is 6.58. The second-order valence-corrected chi connectivity index (χ2v) is 10.1. The van der Waals surface area contributed by atoms with Crippen molar-refractivity contribution in [3.63, 3.8) is 0 Å². The lowest BCUT2D eigenvalue weighted by Gasteiger charge is -2.17. The van der Waals surface area contributed by atoms with Crippen molar-refractivity contribution in [3.05, 3.63) is 34.5 Å². The maximum absolute atomic E-state index is 5.60. The number of aromatic nitrogens is 1. The molecule has 3 aliphatic rings. The predicted octanol–water partition coefficient (Wildman–Crippen LogP) is 5.52. The number of allylic oxidation sites excluding steroid dienone is 2. The lowest BCUT2D eigenvalue weighted by atomic mass is 9.95. The number of ether oxygens (including phenoxy) is 3. The van der Waals surface area contributed by atoms with Crippen LogP contribution in [0, 0.1) is 17.8 Å². The molecular formula is C26H33N3O3S. The molecule has 0 N–H and O–H groups in total. The molecule has 5 rings (SSSR count). The molecule has 1 heterocycles. The van der Waals surface area contributed by atoms with Crippen LogP contribution in [0.1, 0.15) is 44.9 Å². The van der Waals surface area contributed by atoms with Crippen LogP contribution in [-0.2, 0) is 0 Å². The van der Waals surface area contributed by atoms with Crippen molar-refractivity contribution in [2.45, 2.75) is 51.0 Å². The Hall–Kier alpha value is -2.54. The van der Waals surface area contributed by atoms with Gasteiger partial charge in [0.25, 0.3) is 0 Å². The normalized spacial score (nSPS) is 25.3. The highest BCUT2D eigenvalue weighted by Crippen LogP contribution is 2.43. The fourth-order valence-electron chi connectivity index (χ4n) is 5.44. The van der Waals surface area contributed by atoms with E-state index in [-0.39, 0.29) is 0 Å². The molecule has 2 aromatic rings. The Morgan fingerprint density at radius 3 is 2.33 bits per heavy atom. The Labute approximate surface area is 199 Å². The number of hydrogen-bond acceptors (Lipinski definition) is 6. The molecule has 1 aromatic carbocycles. The third-order valence-electron chi connectivity index (χ3n) is 7.22. The summed E-state index contributed by atoms with van der Waals surface area (Å²) in [7, 11) is 4.92. The van der Waals surface area contributed by atoms with E-state index in [0.717, 1.165) is 34.8 Å². The second-order valence-electron chi connectivity index (χ2n) is 9.26. The van der Waals surface area contributed by atoms with Gasteiger partial charge in [-0.05, 0) is 49.7 Å². The molecule has 33 heavy (non-hydrogen) atoms. The Balaban J connectivity index is 1.57. The molecule has 1 aromatic heterocycles. The second kappa shape index (κ2) is 9.75. The molecule has 7 heteroatoms. The number of fused-ring (bicyclic) bond motifs is 2. The van der Waals surface area contributed by atoms with Crippen LogP contribution in [0.4, 0.5) is 0 Å². The van der Waals surface area contributed by atoms with Gasteiger partial charge in [-0.15, -0.1) is 11.3 Å². The number of hydrogen-bond donors (Lipinski definition) is 0. The Bertz CT molecular complexity index is 1090. The average Bonchev–Trinajstić information content (AvgIpc) is 3.58. The van der Waals surface area contributed by atoms with Crippen molar-refractivity contribution in [3.8, 4) is 28.5 Å². The van der Waals surface area contributed by atoms with E-state index in [1.54, 1.807) is 32.7 Å². The summed E-state index contributed by atoms with van der Waals surface area (Å²) in [5.74, 6) is 3.72. The standard InChI is InChI=1S/C26H33N3O3S/c1-30-23-13-19(14-24(31-2)25(23)32-3)22-16-33-26(28-21-7-5-4-6-8-21)29(22)27-15-20-12-17-9-10-18(20)11-17/h9-10,13-18,20-21H,4-8,11-12H2,1-3H3. The molecule has 0 saturated heterocycles. The summed E-state index contributed by atoms with van der Waals surface area (Å²) in [5, 5.41) is 7.16. The molecule has 0 aliphatic heterocycles. The topological polar surface area (TPSA) is 57.3 Å². The van der Waals surface area contributed by atoms with Crippen molar-refractivity contribution in [2.75, 3.05) is 21.3 Å². The Morgan fingerprint density at radius 1 is 0.970 bits per heavy atom. The van der Waals surface area contributed by atoms with E-state index in [1.165, 1.54) is 32.1 Å². The molecule has 6 nitrogen and oxygen atoms in total. The summed E-state index contributed by atoms with van der Waals surface area (Å²) in [6.45, 7) is 0. The van der Waals surface area contributed by atoms with Gasteiger partial charge in [-0.1, -0.05) is 31.4 Å². The maximum atomic E-state index is 5.60. The fourth-order valence-corrected chi connectivity index (χ4v) is 6.35. The van der Waals surface area contributed by atoms with Crippen molar-refractivity contribution in [1.29, 1.82) is 0 Å². The molecular weight excluding hydrogens is 434 g/mol. The first kappa shape index (κ1) is 22.3. The van der Waals surface area contributed by atoms with Crippen molar-refractivity contribution in [2.24, 2.45) is 27.8 Å². The maximum Gasteiger partial charge on any atom is 0.206 e. The smallest absolute Gasteiger partial charge is 0.206 e. The van der Waals surface area contributed by atoms with E-state index in [9.17, 15) is 0 Å². The van der Waals surface area contributed by atoms with Gasteiger partial charge in [-0.2, -0.15) is 5.10 Å². The van der Waals surface area contributed by atoms with Gasteiger partial charge < -0.3 is 14.2 Å². The third-order valence-corrected chi connectivity index (χ3v) is 8.05. The van der Waals surface area contributed by atoms with E-state index in [4.69, 9.17) is 24.3 Å². The van der Waals surface area contributed by atoms with Crippen LogP contribution in [0.15, 0.2) is 39.8 Å². The summed E-state index contributed by atoms with van der Waals surface area (Å²) in [4.78, 5) is 6.10. The molecule has 176 valence electrons. The molecule has 3 aliphatic carbocycles. The van der Waals surface area contributed by atoms with Crippen LogP contribution in [0.3, 0.4) is 0 Å². The van der Waals surface area contributed by atoms with Gasteiger partial charge in [-0.3, -0.25) is 4.99 Å². The lowest BCUT2D eigenvalue weighted by Crippen LogP contribution is -2.20. The largest absolute Gasteiger partial charge is 0.493 e. The van der Waals surface area contributed by atoms with Gasteiger partial charge in [0.1, 0.15) is 0 Å². The number of rotatable bonds is 7. The zero-order valence-corrected chi connectivity index (χ0v) is 20.5. The first-order valence-corrected chi connectivity index (χ1v) is 12.9. The molecule has 3 unspecified atom stereocenters. The van der Waals surface area contributed by atoms with Crippen molar-refractivity contribution in [1.82, 2.24) is 4.68 Å². The van der Waals surface area contributed by atoms with Gasteiger partial charge in [-0.25, -0.2) is 4.68 Å². The van der Waals surface area contributed by atoms with Crippen LogP contribution in [0.2, 0.25) is 0 Å². The van der Waals surface area contributed by atoms with Crippen LogP contribution in [0.5, 0.6) is 17.2 Å². The first-order chi connectivity index (χ1) is 16.2. The van der Waals surface area contributed by atoms with Crippen LogP contribution in [0.25, 0.3) is 11.3 Å². The van der Waals surface area contributed by atoms with Gasteiger partial charge in [0, 0.05) is 23.1 Å². The average molecular weight is 468 g/mol. The summed E-state index contributed by atoms with van der Waals surface area (Å²) < 4.78 is 18.7. The molecule has 0 radical (unpaired) electrons. The van der Waals surface area contributed by atoms with Crippen LogP contribution in [-0.4, -0.2) is 38.3 Å². The number of thiazole rings is 1. The Morgan fingerprint density at radius 2 is 1.73 bits per heavy atom. The van der Waals surface area contributed by atoms with Crippen molar-refractivity contribution >= 4 is 17.6 Å². The summed E-state index contributed by atoms with van der Waals surface area (Å²) in [6, 6.07) is 4.36. The van der Waals surface area contributed by atoms with Crippen LogP contribution < -0.4 is 19.0 Å². The molecule has 0 spiro atoms. The highest BCUT2D eigenvalue weighted by molar-refractivity contribution is 7.07. The predicted molar refractivity (Wildman–Crippen MR) is 133 cm³/mol. The van der Waals surface area contributed by atoms with E-state index >= 15 is 0 Å². The minimum atomic E-state index is 0.386. The quantitative estimate of drug-likeness (QED) is 0.398. The number of benzene rings is 1. The van der Waals surface area contributed by atoms with E-state index in [1.807, 2.05) is 16.8 Å². The minimum absolute atomic E-state index is 0.386. The van der Waals surface area contributed by atoms with E-state index < -0.39 is 0 Å². The molecule has 3 atom stereocenters. The lowest BCUT2D eigenvalue weighted by molar-refractivity contribution is 0.324. The monoisotopic (exact) mass is 467 g/mol. The van der Waals surface area contributed by atoms with Gasteiger partial charge in [0.2, 0.25) is 10.6 Å². The van der Waals surface area contributed by atoms with E-state index in [0.29, 0.717) is 35.1 Å². The van der Waals surface area contributed by atoms with Gasteiger partial charge in [0.15, 0.2) is 11.5 Å². The van der Waals surface area contributed by atoms with E-state index in [2.05, 4.69) is 23.7 Å². The third kappa shape index (κ3) is 4.47. The van der Waals surface area contributed by atoms with Crippen molar-refractivity contribution < 1.29 is 14.2 Å². The van der Waals surface area contributed by atoms with Gasteiger partial charge in [0.05, 0.1) is 33.1 Å². The van der Waals surface area contributed by atoms with Gasteiger partial charge >= 0.3 is 0 Å². The molecule has 2 bridgehead atoms. The first-order valence-electron chi connectivity index (χ1n) is 12.0. The summed E-state index contributed by atoms with van der Waals surface area (Å²) >= 11 is 1.66. The fraction of sp³-hybridized carbons (Fsp3) is 0.538. The SMILES string of the molecule is COc1cc(-c2csc(=NC3CCCCC3)n2N=CC2CC3C=CC2C3)cc(OC)c1OC. The molecule has 2 saturated carbocycles.